The van der Waals surface area contributed by atoms with Gasteiger partial charge in [-0.1, -0.05) is 30.3 Å². The first kappa shape index (κ1) is 45.8. The van der Waals surface area contributed by atoms with Crippen LogP contribution in [0.1, 0.15) is 88.6 Å². The first-order valence-electron chi connectivity index (χ1n) is 17.3. The molecule has 0 saturated heterocycles. The van der Waals surface area contributed by atoms with E-state index in [4.69, 9.17) is 23.7 Å². The highest BCUT2D eigenvalue weighted by Gasteiger charge is 2.35. The molecular formula is C37H60N4O11. The molecule has 0 heterocycles. The minimum atomic E-state index is -1.32. The zero-order valence-electron chi connectivity index (χ0n) is 33.0. The number of hydrogen-bond donors (Lipinski definition) is 2. The summed E-state index contributed by atoms with van der Waals surface area (Å²) in [5, 5.41) is 5.27. The Bertz CT molecular complexity index is 1280. The minimum Gasteiger partial charge on any atom is -0.459 e. The second-order valence-electron chi connectivity index (χ2n) is 16.2. The largest absolute Gasteiger partial charge is 0.459 e. The molecule has 1 aromatic carbocycles. The highest BCUT2D eigenvalue weighted by atomic mass is 16.6. The van der Waals surface area contributed by atoms with Gasteiger partial charge in [-0.05, 0) is 88.6 Å². The maximum atomic E-state index is 14.0. The molecule has 0 aliphatic rings. The molecule has 0 bridgehead atoms. The summed E-state index contributed by atoms with van der Waals surface area (Å²) in [6, 6.07) is 7.77. The fourth-order valence-corrected chi connectivity index (χ4v) is 4.50. The Morgan fingerprint density at radius 2 is 0.962 bits per heavy atom. The molecule has 0 radical (unpaired) electrons. The number of carbonyl (C=O) groups excluding carboxylic acids is 6. The summed E-state index contributed by atoms with van der Waals surface area (Å²) < 4.78 is 27.2. The van der Waals surface area contributed by atoms with E-state index in [2.05, 4.69) is 10.6 Å². The third kappa shape index (κ3) is 22.6. The lowest BCUT2D eigenvalue weighted by Crippen LogP contribution is -2.57. The van der Waals surface area contributed by atoms with Crippen LogP contribution in [0.3, 0.4) is 0 Å². The molecule has 1 rings (SSSR count). The Hall–Kier alpha value is -4.24. The molecule has 0 spiro atoms. The van der Waals surface area contributed by atoms with Crippen molar-refractivity contribution in [1.82, 2.24) is 20.4 Å². The average molecular weight is 737 g/mol. The van der Waals surface area contributed by atoms with Gasteiger partial charge in [0.2, 0.25) is 5.91 Å². The van der Waals surface area contributed by atoms with Crippen molar-refractivity contribution in [3.8, 4) is 0 Å². The molecule has 0 aliphatic heterocycles. The van der Waals surface area contributed by atoms with Crippen molar-refractivity contribution in [2.75, 3.05) is 45.8 Å². The molecular weight excluding hydrogens is 676 g/mol. The van der Waals surface area contributed by atoms with E-state index >= 15 is 0 Å². The summed E-state index contributed by atoms with van der Waals surface area (Å²) in [5.74, 6) is -3.51. The van der Waals surface area contributed by atoms with E-state index in [0.29, 0.717) is 0 Å². The normalized spacial score (nSPS) is 12.8. The van der Waals surface area contributed by atoms with Crippen molar-refractivity contribution in [1.29, 1.82) is 0 Å². The van der Waals surface area contributed by atoms with Crippen molar-refractivity contribution in [2.24, 2.45) is 0 Å². The van der Waals surface area contributed by atoms with E-state index in [9.17, 15) is 28.8 Å². The number of hydrogen-bond acceptors (Lipinski definition) is 13. The Balaban J connectivity index is 3.40. The lowest BCUT2D eigenvalue weighted by atomic mass is 10.1. The Morgan fingerprint density at radius 1 is 0.577 bits per heavy atom. The average Bonchev–Trinajstić information content (AvgIpc) is 2.93. The van der Waals surface area contributed by atoms with E-state index in [1.165, 1.54) is 9.80 Å². The van der Waals surface area contributed by atoms with Gasteiger partial charge in [0.05, 0.1) is 26.2 Å². The number of amides is 2. The number of ether oxygens (including phenoxy) is 5. The van der Waals surface area contributed by atoms with Crippen LogP contribution >= 0.6 is 0 Å². The first-order valence-corrected chi connectivity index (χ1v) is 17.3. The second kappa shape index (κ2) is 20.1. The van der Waals surface area contributed by atoms with Gasteiger partial charge < -0.3 is 34.3 Å². The molecule has 0 aromatic heterocycles. The maximum Gasteiger partial charge on any atom is 0.407 e. The van der Waals surface area contributed by atoms with Gasteiger partial charge in [-0.3, -0.25) is 33.8 Å². The molecule has 1 aromatic rings. The van der Waals surface area contributed by atoms with Crippen molar-refractivity contribution < 1.29 is 52.5 Å². The summed E-state index contributed by atoms with van der Waals surface area (Å²) in [7, 11) is 0. The Labute approximate surface area is 308 Å². The summed E-state index contributed by atoms with van der Waals surface area (Å²) in [6.45, 7) is 17.9. The maximum absolute atomic E-state index is 14.0. The molecule has 0 aliphatic carbocycles. The van der Waals surface area contributed by atoms with E-state index in [-0.39, 0.29) is 26.2 Å². The van der Waals surface area contributed by atoms with E-state index in [1.807, 2.05) is 30.3 Å². The molecule has 2 amide bonds. The smallest absolute Gasteiger partial charge is 0.407 e. The lowest BCUT2D eigenvalue weighted by molar-refractivity contribution is -0.165. The Kier molecular flexibility index (Phi) is 17.7. The van der Waals surface area contributed by atoms with Gasteiger partial charge in [0.15, 0.2) is 0 Å². The molecule has 294 valence electrons. The van der Waals surface area contributed by atoms with Crippen LogP contribution in [0.4, 0.5) is 4.79 Å². The molecule has 1 unspecified atom stereocenters. The molecule has 1 atom stereocenters. The van der Waals surface area contributed by atoms with Gasteiger partial charge in [0.1, 0.15) is 35.1 Å². The van der Waals surface area contributed by atoms with Crippen molar-refractivity contribution in [3.63, 3.8) is 0 Å². The molecule has 0 saturated carbocycles. The third-order valence-electron chi connectivity index (χ3n) is 6.13. The van der Waals surface area contributed by atoms with Gasteiger partial charge in [-0.2, -0.15) is 0 Å². The molecule has 2 N–H and O–H groups in total. The zero-order valence-corrected chi connectivity index (χ0v) is 33.0. The van der Waals surface area contributed by atoms with Crippen LogP contribution in [-0.2, 0) is 54.3 Å². The molecule has 0 fully saturated rings. The van der Waals surface area contributed by atoms with Gasteiger partial charge in [0.25, 0.3) is 0 Å². The predicted molar refractivity (Wildman–Crippen MR) is 193 cm³/mol. The standard InChI is InChI=1S/C37H60N4O11/c1-34(2,3)49-28(42)21-40(22-29(43)50-35(4,5)6)20-27(32(46)38-18-19-39-33(47)48-25-26-16-14-13-15-17-26)41(23-30(44)51-36(7,8)9)24-31(45)52-37(10,11)12/h13-17,27H,18-25H2,1-12H3,(H,38,46)(H,39,47). The van der Waals surface area contributed by atoms with E-state index in [1.54, 1.807) is 83.1 Å². The lowest BCUT2D eigenvalue weighted by Gasteiger charge is -2.34. The Morgan fingerprint density at radius 3 is 1.37 bits per heavy atom. The number of esters is 4. The van der Waals surface area contributed by atoms with Gasteiger partial charge >= 0.3 is 30.0 Å². The minimum absolute atomic E-state index is 0.0241. The van der Waals surface area contributed by atoms with Crippen molar-refractivity contribution >= 4 is 35.9 Å². The quantitative estimate of drug-likeness (QED) is 0.135. The van der Waals surface area contributed by atoms with Gasteiger partial charge in [-0.15, -0.1) is 0 Å². The molecule has 52 heavy (non-hydrogen) atoms. The van der Waals surface area contributed by atoms with Crippen LogP contribution in [0.15, 0.2) is 30.3 Å². The first-order chi connectivity index (χ1) is 23.7. The fraction of sp³-hybridized carbons (Fsp3) is 0.676. The second-order valence-corrected chi connectivity index (χ2v) is 16.2. The number of rotatable bonds is 17. The third-order valence-corrected chi connectivity index (χ3v) is 6.13. The molecule has 15 nitrogen and oxygen atoms in total. The summed E-state index contributed by atoms with van der Waals surface area (Å²) >= 11 is 0. The fourth-order valence-electron chi connectivity index (χ4n) is 4.50. The van der Waals surface area contributed by atoms with Crippen LogP contribution in [0, 0.1) is 0 Å². The van der Waals surface area contributed by atoms with Crippen LogP contribution in [-0.4, -0.2) is 120 Å². The SMILES string of the molecule is CC(C)(C)OC(=O)CN(CC(=O)OC(C)(C)C)CC(C(=O)NCCNC(=O)OCc1ccccc1)N(CC(=O)OC(C)(C)C)CC(=O)OC(C)(C)C. The van der Waals surface area contributed by atoms with Crippen LogP contribution < -0.4 is 10.6 Å². The van der Waals surface area contributed by atoms with E-state index in [0.717, 1.165) is 5.56 Å². The molecule has 15 heteroatoms. The summed E-state index contributed by atoms with van der Waals surface area (Å²) in [6.07, 6.45) is -0.702. The van der Waals surface area contributed by atoms with Crippen molar-refractivity contribution in [3.05, 3.63) is 35.9 Å². The van der Waals surface area contributed by atoms with Gasteiger partial charge in [-0.25, -0.2) is 4.79 Å². The number of alkyl carbamates (subject to hydrolysis) is 1. The number of nitrogens with zero attached hydrogens (tertiary/aromatic N) is 2. The topological polar surface area (TPSA) is 179 Å². The number of benzene rings is 1. The van der Waals surface area contributed by atoms with Crippen LogP contribution in [0.25, 0.3) is 0 Å². The monoisotopic (exact) mass is 736 g/mol. The van der Waals surface area contributed by atoms with E-state index < -0.39 is 90.5 Å². The number of nitrogens with one attached hydrogen (secondary N) is 2. The highest BCUT2D eigenvalue weighted by Crippen LogP contribution is 2.15. The van der Waals surface area contributed by atoms with Crippen LogP contribution in [0.2, 0.25) is 0 Å². The van der Waals surface area contributed by atoms with Gasteiger partial charge in [0, 0.05) is 19.6 Å². The number of carbonyl (C=O) groups is 6. The summed E-state index contributed by atoms with van der Waals surface area (Å²) in [4.78, 5) is 81.2. The highest BCUT2D eigenvalue weighted by molar-refractivity contribution is 5.85. The predicted octanol–water partition coefficient (Wildman–Crippen LogP) is 3.37. The zero-order chi connectivity index (χ0) is 39.9. The van der Waals surface area contributed by atoms with Crippen LogP contribution in [0.5, 0.6) is 0 Å². The van der Waals surface area contributed by atoms with Crippen molar-refractivity contribution in [2.45, 2.75) is 118 Å². The summed E-state index contributed by atoms with van der Waals surface area (Å²) in [5.41, 5.74) is -2.66.